The van der Waals surface area contributed by atoms with Gasteiger partial charge in [-0.05, 0) is 67.7 Å². The van der Waals surface area contributed by atoms with Gasteiger partial charge in [-0.2, -0.15) is 0 Å². The van der Waals surface area contributed by atoms with Crippen LogP contribution in [-0.4, -0.2) is 30.8 Å². The molecule has 2 heterocycles. The maximum absolute atomic E-state index is 11.8. The molecule has 2 saturated carbocycles. The van der Waals surface area contributed by atoms with Crippen LogP contribution in [0.4, 0.5) is 0 Å². The summed E-state index contributed by atoms with van der Waals surface area (Å²) in [7, 11) is 0. The lowest BCUT2D eigenvalue weighted by Crippen LogP contribution is -2.34. The van der Waals surface area contributed by atoms with Crippen LogP contribution in [0.1, 0.15) is 78.9 Å². The van der Waals surface area contributed by atoms with Gasteiger partial charge >= 0.3 is 0 Å². The number of aldehydes is 1. The molecule has 4 rings (SSSR count). The minimum atomic E-state index is 0.599. The first kappa shape index (κ1) is 19.0. The number of carbonyl (C=O) groups excluding carboxylic acids is 1. The molecule has 0 unspecified atom stereocenters. The molecule has 27 heavy (non-hydrogen) atoms. The third kappa shape index (κ3) is 4.39. The molecule has 1 aromatic heterocycles. The second-order valence-corrected chi connectivity index (χ2v) is 9.71. The van der Waals surface area contributed by atoms with Gasteiger partial charge in [0.05, 0.1) is 9.75 Å². The van der Waals surface area contributed by atoms with E-state index in [1.165, 1.54) is 49.7 Å². The molecule has 0 atom stereocenters. The van der Waals surface area contributed by atoms with Gasteiger partial charge in [0.2, 0.25) is 0 Å². The summed E-state index contributed by atoms with van der Waals surface area (Å²) in [5, 5.41) is 0. The summed E-state index contributed by atoms with van der Waals surface area (Å²) in [4.78, 5) is 16.3. The van der Waals surface area contributed by atoms with Crippen molar-refractivity contribution in [3.8, 4) is 11.8 Å². The summed E-state index contributed by atoms with van der Waals surface area (Å²) in [6.45, 7) is 7.96. The molecular weight excluding hydrogens is 350 g/mol. The molecule has 0 spiro atoms. The number of rotatable bonds is 4. The number of hydrogen-bond donors (Lipinski definition) is 0. The monoisotopic (exact) mass is 381 g/mol. The average Bonchev–Trinajstić information content (AvgIpc) is 3.44. The lowest BCUT2D eigenvalue weighted by Gasteiger charge is -2.36. The zero-order valence-corrected chi connectivity index (χ0v) is 17.5. The van der Waals surface area contributed by atoms with Crippen LogP contribution in [0.5, 0.6) is 0 Å². The van der Waals surface area contributed by atoms with E-state index >= 15 is 0 Å². The van der Waals surface area contributed by atoms with Gasteiger partial charge in [0.25, 0.3) is 0 Å². The molecule has 2 fully saturated rings. The number of thiophene rings is 1. The van der Waals surface area contributed by atoms with Crippen LogP contribution in [0.3, 0.4) is 0 Å². The maximum atomic E-state index is 11.8. The van der Waals surface area contributed by atoms with E-state index in [4.69, 9.17) is 0 Å². The van der Waals surface area contributed by atoms with E-state index in [2.05, 4.69) is 36.7 Å². The van der Waals surface area contributed by atoms with Crippen molar-refractivity contribution in [2.24, 2.45) is 17.8 Å². The summed E-state index contributed by atoms with van der Waals surface area (Å²) in [6.07, 6.45) is 9.93. The Morgan fingerprint density at radius 3 is 2.67 bits per heavy atom. The minimum absolute atomic E-state index is 0.599. The zero-order valence-electron chi connectivity index (χ0n) is 16.7. The predicted octanol–water partition coefficient (Wildman–Crippen LogP) is 5.63. The minimum Gasteiger partial charge on any atom is -0.299 e. The topological polar surface area (TPSA) is 20.3 Å². The highest BCUT2D eigenvalue weighted by atomic mass is 32.1. The highest BCUT2D eigenvalue weighted by Crippen LogP contribution is 2.41. The van der Waals surface area contributed by atoms with Gasteiger partial charge in [0.15, 0.2) is 6.29 Å². The van der Waals surface area contributed by atoms with Crippen molar-refractivity contribution in [1.82, 2.24) is 4.90 Å². The van der Waals surface area contributed by atoms with E-state index < -0.39 is 0 Å². The Balaban J connectivity index is 1.69. The van der Waals surface area contributed by atoms with Crippen molar-refractivity contribution in [1.29, 1.82) is 0 Å². The lowest BCUT2D eigenvalue weighted by atomic mass is 9.75. The Labute approximate surface area is 168 Å². The van der Waals surface area contributed by atoms with Crippen LogP contribution < -0.4 is 0 Å². The molecule has 0 radical (unpaired) electrons. The average molecular weight is 382 g/mol. The zero-order chi connectivity index (χ0) is 18.8. The molecule has 0 aromatic carbocycles. The Bertz CT molecular complexity index is 781. The van der Waals surface area contributed by atoms with Gasteiger partial charge in [-0.1, -0.05) is 38.5 Å². The van der Waals surface area contributed by atoms with Gasteiger partial charge in [-0.3, -0.25) is 9.69 Å². The normalized spacial score (nSPS) is 26.6. The molecule has 3 heteroatoms. The molecular formula is C24H31NOS. The van der Waals surface area contributed by atoms with E-state index in [1.54, 1.807) is 16.9 Å². The summed E-state index contributed by atoms with van der Waals surface area (Å²) < 4.78 is 0. The van der Waals surface area contributed by atoms with Crippen LogP contribution in [0, 0.1) is 29.6 Å². The van der Waals surface area contributed by atoms with Crippen molar-refractivity contribution in [3.63, 3.8) is 0 Å². The number of hydrogen-bond acceptors (Lipinski definition) is 3. The van der Waals surface area contributed by atoms with E-state index in [-0.39, 0.29) is 0 Å². The Kier molecular flexibility index (Phi) is 5.85. The summed E-state index contributed by atoms with van der Waals surface area (Å²) in [5.41, 5.74) is 4.29. The van der Waals surface area contributed by atoms with E-state index in [9.17, 15) is 4.79 Å². The Morgan fingerprint density at radius 1 is 1.22 bits per heavy atom. The largest absolute Gasteiger partial charge is 0.299 e. The first-order valence-electron chi connectivity index (χ1n) is 10.7. The molecule has 2 aliphatic carbocycles. The van der Waals surface area contributed by atoms with Gasteiger partial charge in [0, 0.05) is 24.6 Å². The highest BCUT2D eigenvalue weighted by molar-refractivity contribution is 7.14. The molecule has 0 saturated heterocycles. The summed E-state index contributed by atoms with van der Waals surface area (Å²) in [5.74, 6) is 8.86. The molecule has 0 N–H and O–H groups in total. The molecule has 0 bridgehead atoms. The highest BCUT2D eigenvalue weighted by Gasteiger charge is 2.29. The Hall–Kier alpha value is -1.37. The predicted molar refractivity (Wildman–Crippen MR) is 114 cm³/mol. The summed E-state index contributed by atoms with van der Waals surface area (Å²) in [6, 6.07) is 2.21. The fraction of sp³-hybridized carbons (Fsp3) is 0.625. The van der Waals surface area contributed by atoms with Crippen LogP contribution in [-0.2, 0) is 0 Å². The molecule has 1 aliphatic heterocycles. The van der Waals surface area contributed by atoms with E-state index in [0.29, 0.717) is 11.8 Å². The van der Waals surface area contributed by atoms with Crippen LogP contribution in [0.2, 0.25) is 0 Å². The van der Waals surface area contributed by atoms with Crippen molar-refractivity contribution < 1.29 is 4.79 Å². The van der Waals surface area contributed by atoms with Gasteiger partial charge < -0.3 is 0 Å². The third-order valence-corrected chi connectivity index (χ3v) is 7.56. The van der Waals surface area contributed by atoms with Crippen molar-refractivity contribution in [2.45, 2.75) is 58.8 Å². The molecule has 3 aliphatic rings. The van der Waals surface area contributed by atoms with Gasteiger partial charge in [-0.25, -0.2) is 0 Å². The quantitative estimate of drug-likeness (QED) is 0.498. The fourth-order valence-corrected chi connectivity index (χ4v) is 5.46. The summed E-state index contributed by atoms with van der Waals surface area (Å²) >= 11 is 1.59. The Morgan fingerprint density at radius 2 is 2.00 bits per heavy atom. The van der Waals surface area contributed by atoms with Crippen LogP contribution in [0.25, 0.3) is 5.57 Å². The number of nitrogens with zero attached hydrogens (tertiary/aromatic N) is 1. The smallest absolute Gasteiger partial charge is 0.160 e. The first-order valence-corrected chi connectivity index (χ1v) is 11.5. The van der Waals surface area contributed by atoms with Gasteiger partial charge in [-0.15, -0.1) is 11.3 Å². The standard InChI is InChI=1S/C24H31NOS/c1-3-25-13-12-21(23(15-25)19-9-4-17(2)5-10-19)22-14-20(27-24(22)16-26)11-8-18-6-7-18/h14,16-19H,3-7,9-10,12-13,15H2,1-2H3. The lowest BCUT2D eigenvalue weighted by molar-refractivity contribution is 0.112. The molecule has 144 valence electrons. The van der Waals surface area contributed by atoms with Gasteiger partial charge in [0.1, 0.15) is 0 Å². The van der Waals surface area contributed by atoms with Crippen molar-refractivity contribution >= 4 is 23.2 Å². The van der Waals surface area contributed by atoms with Crippen LogP contribution in [0.15, 0.2) is 11.6 Å². The SMILES string of the molecule is CCN1CCC(c2cc(C#CC3CC3)sc2C=O)=C(C2CCC(C)CC2)C1. The maximum Gasteiger partial charge on any atom is 0.160 e. The second kappa shape index (κ2) is 8.33. The van der Waals surface area contributed by atoms with E-state index in [1.807, 2.05) is 0 Å². The first-order chi connectivity index (χ1) is 13.2. The van der Waals surface area contributed by atoms with Crippen LogP contribution >= 0.6 is 11.3 Å². The fourth-order valence-electron chi connectivity index (χ4n) is 4.60. The molecule has 2 nitrogen and oxygen atoms in total. The van der Waals surface area contributed by atoms with Crippen molar-refractivity contribution in [3.05, 3.63) is 27.0 Å². The second-order valence-electron chi connectivity index (χ2n) is 8.63. The van der Waals surface area contributed by atoms with Crippen molar-refractivity contribution in [2.75, 3.05) is 19.6 Å². The third-order valence-electron chi connectivity index (χ3n) is 6.59. The van der Waals surface area contributed by atoms with E-state index in [0.717, 1.165) is 48.0 Å². The molecule has 0 amide bonds. The number of likely N-dealkylation sites (N-methyl/N-ethyl adjacent to an activating group) is 1. The number of carbonyl (C=O) groups is 1. The molecule has 1 aromatic rings.